The van der Waals surface area contributed by atoms with Gasteiger partial charge in [0.1, 0.15) is 0 Å². The SMILES string of the molecule is CC1CCCC(=C2CC(N)C2)C1. The van der Waals surface area contributed by atoms with E-state index in [1.54, 1.807) is 11.1 Å². The highest BCUT2D eigenvalue weighted by molar-refractivity contribution is 5.24. The summed E-state index contributed by atoms with van der Waals surface area (Å²) in [6.07, 6.45) is 7.97. The first-order valence-electron chi connectivity index (χ1n) is 5.21. The molecule has 2 aliphatic rings. The Morgan fingerprint density at radius 1 is 1.17 bits per heavy atom. The van der Waals surface area contributed by atoms with Crippen LogP contribution in [0.2, 0.25) is 0 Å². The molecule has 2 rings (SSSR count). The molecule has 0 aliphatic heterocycles. The molecule has 68 valence electrons. The quantitative estimate of drug-likeness (QED) is 0.549. The summed E-state index contributed by atoms with van der Waals surface area (Å²) in [5.41, 5.74) is 9.24. The largest absolute Gasteiger partial charge is 0.327 e. The number of hydrogen-bond donors (Lipinski definition) is 1. The third kappa shape index (κ3) is 1.56. The van der Waals surface area contributed by atoms with Crippen molar-refractivity contribution in [1.82, 2.24) is 0 Å². The lowest BCUT2D eigenvalue weighted by molar-refractivity contribution is 0.431. The maximum Gasteiger partial charge on any atom is 0.0114 e. The fourth-order valence-corrected chi connectivity index (χ4v) is 2.47. The number of allylic oxidation sites excluding steroid dienone is 1. The smallest absolute Gasteiger partial charge is 0.0114 e. The molecule has 0 saturated heterocycles. The van der Waals surface area contributed by atoms with Crippen LogP contribution < -0.4 is 5.73 Å². The Morgan fingerprint density at radius 2 is 1.92 bits per heavy atom. The van der Waals surface area contributed by atoms with Gasteiger partial charge in [-0.3, -0.25) is 0 Å². The molecule has 0 bridgehead atoms. The molecule has 12 heavy (non-hydrogen) atoms. The monoisotopic (exact) mass is 165 g/mol. The van der Waals surface area contributed by atoms with Crippen molar-refractivity contribution in [3.05, 3.63) is 11.1 Å². The zero-order valence-electron chi connectivity index (χ0n) is 7.97. The molecule has 0 radical (unpaired) electrons. The average molecular weight is 165 g/mol. The van der Waals surface area contributed by atoms with Crippen molar-refractivity contribution in [1.29, 1.82) is 0 Å². The molecule has 0 amide bonds. The highest BCUT2D eigenvalue weighted by Crippen LogP contribution is 2.37. The van der Waals surface area contributed by atoms with E-state index in [0.717, 1.165) is 5.92 Å². The van der Waals surface area contributed by atoms with Crippen LogP contribution >= 0.6 is 0 Å². The van der Waals surface area contributed by atoms with Crippen LogP contribution in [0.5, 0.6) is 0 Å². The second-order valence-corrected chi connectivity index (χ2v) is 4.58. The van der Waals surface area contributed by atoms with Gasteiger partial charge in [-0.25, -0.2) is 0 Å². The summed E-state index contributed by atoms with van der Waals surface area (Å²) in [6, 6.07) is 0.490. The van der Waals surface area contributed by atoms with Crippen molar-refractivity contribution < 1.29 is 0 Å². The van der Waals surface area contributed by atoms with Gasteiger partial charge in [0.05, 0.1) is 0 Å². The van der Waals surface area contributed by atoms with E-state index in [2.05, 4.69) is 6.92 Å². The first-order chi connectivity index (χ1) is 5.75. The van der Waals surface area contributed by atoms with Gasteiger partial charge in [0.15, 0.2) is 0 Å². The number of rotatable bonds is 0. The first-order valence-corrected chi connectivity index (χ1v) is 5.21. The standard InChI is InChI=1S/C11H19N/c1-8-3-2-4-9(5-8)10-6-11(12)7-10/h8,11H,2-7,12H2,1H3. The second kappa shape index (κ2) is 3.21. The van der Waals surface area contributed by atoms with Crippen molar-refractivity contribution in [2.75, 3.05) is 0 Å². The van der Waals surface area contributed by atoms with E-state index in [1.807, 2.05) is 0 Å². The van der Waals surface area contributed by atoms with Gasteiger partial charge >= 0.3 is 0 Å². The topological polar surface area (TPSA) is 26.0 Å². The van der Waals surface area contributed by atoms with Crippen LogP contribution in [0, 0.1) is 5.92 Å². The van der Waals surface area contributed by atoms with Gasteiger partial charge < -0.3 is 5.73 Å². The Labute approximate surface area is 75.0 Å². The van der Waals surface area contributed by atoms with Crippen LogP contribution in [-0.4, -0.2) is 6.04 Å². The van der Waals surface area contributed by atoms with Crippen molar-refractivity contribution in [2.45, 2.75) is 51.5 Å². The summed E-state index contributed by atoms with van der Waals surface area (Å²) in [7, 11) is 0. The molecule has 0 aromatic carbocycles. The zero-order valence-corrected chi connectivity index (χ0v) is 7.97. The predicted molar refractivity (Wildman–Crippen MR) is 51.9 cm³/mol. The maximum atomic E-state index is 5.78. The third-order valence-corrected chi connectivity index (χ3v) is 3.29. The summed E-state index contributed by atoms with van der Waals surface area (Å²) in [6.45, 7) is 2.37. The minimum Gasteiger partial charge on any atom is -0.327 e. The number of hydrogen-bond acceptors (Lipinski definition) is 1. The zero-order chi connectivity index (χ0) is 8.55. The molecular weight excluding hydrogens is 146 g/mol. The molecule has 2 fully saturated rings. The highest BCUT2D eigenvalue weighted by atomic mass is 14.7. The van der Waals surface area contributed by atoms with E-state index >= 15 is 0 Å². The van der Waals surface area contributed by atoms with Gasteiger partial charge in [-0.2, -0.15) is 0 Å². The molecule has 0 aromatic rings. The van der Waals surface area contributed by atoms with E-state index in [4.69, 9.17) is 5.73 Å². The van der Waals surface area contributed by atoms with Crippen molar-refractivity contribution in [3.63, 3.8) is 0 Å². The van der Waals surface area contributed by atoms with Crippen LogP contribution in [-0.2, 0) is 0 Å². The Hall–Kier alpha value is -0.300. The van der Waals surface area contributed by atoms with E-state index in [0.29, 0.717) is 6.04 Å². The van der Waals surface area contributed by atoms with Crippen molar-refractivity contribution in [3.8, 4) is 0 Å². The molecule has 1 nitrogen and oxygen atoms in total. The molecule has 1 heteroatoms. The lowest BCUT2D eigenvalue weighted by Gasteiger charge is -2.32. The van der Waals surface area contributed by atoms with E-state index in [9.17, 15) is 0 Å². The molecular formula is C11H19N. The van der Waals surface area contributed by atoms with Crippen LogP contribution in [0.4, 0.5) is 0 Å². The van der Waals surface area contributed by atoms with Gasteiger partial charge in [0.25, 0.3) is 0 Å². The van der Waals surface area contributed by atoms with Gasteiger partial charge in [-0.1, -0.05) is 24.5 Å². The molecule has 1 unspecified atom stereocenters. The minimum absolute atomic E-state index is 0.490. The molecule has 2 aliphatic carbocycles. The third-order valence-electron chi connectivity index (χ3n) is 3.29. The Balaban J connectivity index is 1.99. The van der Waals surface area contributed by atoms with Gasteiger partial charge in [-0.05, 0) is 38.0 Å². The summed E-state index contributed by atoms with van der Waals surface area (Å²) < 4.78 is 0. The summed E-state index contributed by atoms with van der Waals surface area (Å²) in [5, 5.41) is 0. The lowest BCUT2D eigenvalue weighted by atomic mass is 9.76. The highest BCUT2D eigenvalue weighted by Gasteiger charge is 2.24. The number of nitrogens with two attached hydrogens (primary N) is 1. The van der Waals surface area contributed by atoms with Crippen LogP contribution in [0.3, 0.4) is 0 Å². The molecule has 0 heterocycles. The molecule has 0 aromatic heterocycles. The average Bonchev–Trinajstić information content (AvgIpc) is 1.99. The van der Waals surface area contributed by atoms with Crippen molar-refractivity contribution in [2.24, 2.45) is 11.7 Å². The molecule has 2 saturated carbocycles. The summed E-state index contributed by atoms with van der Waals surface area (Å²) in [4.78, 5) is 0. The molecule has 2 N–H and O–H groups in total. The van der Waals surface area contributed by atoms with Gasteiger partial charge in [0.2, 0.25) is 0 Å². The first kappa shape index (κ1) is 8.31. The fraction of sp³-hybridized carbons (Fsp3) is 0.818. The van der Waals surface area contributed by atoms with Crippen LogP contribution in [0.25, 0.3) is 0 Å². The summed E-state index contributed by atoms with van der Waals surface area (Å²) >= 11 is 0. The normalized spacial score (nSPS) is 36.5. The lowest BCUT2D eigenvalue weighted by Crippen LogP contribution is -2.31. The fourth-order valence-electron chi connectivity index (χ4n) is 2.47. The molecule has 0 spiro atoms. The van der Waals surface area contributed by atoms with Gasteiger partial charge in [0, 0.05) is 6.04 Å². The van der Waals surface area contributed by atoms with Crippen LogP contribution in [0.15, 0.2) is 11.1 Å². The minimum atomic E-state index is 0.490. The molecule has 1 atom stereocenters. The predicted octanol–water partition coefficient (Wildman–Crippen LogP) is 2.61. The van der Waals surface area contributed by atoms with E-state index in [-0.39, 0.29) is 0 Å². The Kier molecular flexibility index (Phi) is 2.22. The summed E-state index contributed by atoms with van der Waals surface area (Å²) in [5.74, 6) is 0.929. The van der Waals surface area contributed by atoms with Gasteiger partial charge in [-0.15, -0.1) is 0 Å². The van der Waals surface area contributed by atoms with Crippen molar-refractivity contribution >= 4 is 0 Å². The van der Waals surface area contributed by atoms with Crippen LogP contribution in [0.1, 0.15) is 45.4 Å². The van der Waals surface area contributed by atoms with E-state index < -0.39 is 0 Å². The maximum absolute atomic E-state index is 5.78. The Morgan fingerprint density at radius 3 is 2.50 bits per heavy atom. The second-order valence-electron chi connectivity index (χ2n) is 4.58. The van der Waals surface area contributed by atoms with E-state index in [1.165, 1.54) is 38.5 Å². The Bertz CT molecular complexity index is 197.